The van der Waals surface area contributed by atoms with Gasteiger partial charge in [-0.25, -0.2) is 0 Å². The van der Waals surface area contributed by atoms with Gasteiger partial charge in [-0.05, 0) is 13.3 Å². The molecule has 1 aromatic rings. The van der Waals surface area contributed by atoms with Crippen LogP contribution in [0.1, 0.15) is 26.7 Å². The Kier molecular flexibility index (Phi) is 5.18. The molecule has 0 spiro atoms. The number of aryl methyl sites for hydroxylation is 1. The van der Waals surface area contributed by atoms with E-state index in [9.17, 15) is 0 Å². The second-order valence-electron chi connectivity index (χ2n) is 3.84. The summed E-state index contributed by atoms with van der Waals surface area (Å²) in [6, 6.07) is 0.576. The Hall–Kier alpha value is -1.03. The number of hydrogen-bond acceptors (Lipinski definition) is 3. The number of nitrogens with zero attached hydrogens (tertiary/aromatic N) is 2. The fourth-order valence-corrected chi connectivity index (χ4v) is 1.48. The van der Waals surface area contributed by atoms with Crippen LogP contribution < -0.4 is 10.1 Å². The van der Waals surface area contributed by atoms with Crippen LogP contribution in [0.2, 0.25) is 0 Å². The van der Waals surface area contributed by atoms with Gasteiger partial charge in [-0.2, -0.15) is 5.10 Å². The molecule has 1 atom stereocenters. The summed E-state index contributed by atoms with van der Waals surface area (Å²) in [5, 5.41) is 7.44. The molecular weight excluding hydrogens is 190 g/mol. The Balaban J connectivity index is 2.06. The van der Waals surface area contributed by atoms with Gasteiger partial charge < -0.3 is 10.1 Å². The number of hydrogen-bond donors (Lipinski definition) is 1. The van der Waals surface area contributed by atoms with Crippen molar-refractivity contribution in [1.82, 2.24) is 15.1 Å². The number of rotatable bonds is 7. The first-order chi connectivity index (χ1) is 7.22. The van der Waals surface area contributed by atoms with Crippen LogP contribution in [0.5, 0.6) is 5.75 Å². The predicted molar refractivity (Wildman–Crippen MR) is 61.1 cm³/mol. The van der Waals surface area contributed by atoms with Crippen LogP contribution in [-0.4, -0.2) is 29.0 Å². The minimum absolute atomic E-state index is 0.576. The molecule has 1 heterocycles. The van der Waals surface area contributed by atoms with Crippen LogP contribution in [0.4, 0.5) is 0 Å². The molecule has 1 N–H and O–H groups in total. The third kappa shape index (κ3) is 4.83. The molecule has 15 heavy (non-hydrogen) atoms. The Morgan fingerprint density at radius 1 is 1.60 bits per heavy atom. The van der Waals surface area contributed by atoms with Crippen molar-refractivity contribution < 1.29 is 4.74 Å². The van der Waals surface area contributed by atoms with E-state index in [4.69, 9.17) is 4.74 Å². The van der Waals surface area contributed by atoms with Crippen molar-refractivity contribution in [2.45, 2.75) is 32.7 Å². The Morgan fingerprint density at radius 2 is 2.40 bits per heavy atom. The van der Waals surface area contributed by atoms with E-state index in [-0.39, 0.29) is 0 Å². The van der Waals surface area contributed by atoms with Crippen molar-refractivity contribution in [2.75, 3.05) is 13.2 Å². The topological polar surface area (TPSA) is 39.1 Å². The van der Waals surface area contributed by atoms with Crippen molar-refractivity contribution in [1.29, 1.82) is 0 Å². The summed E-state index contributed by atoms with van der Waals surface area (Å²) in [7, 11) is 1.88. The van der Waals surface area contributed by atoms with Crippen molar-refractivity contribution in [3.63, 3.8) is 0 Å². The van der Waals surface area contributed by atoms with E-state index in [2.05, 4.69) is 24.3 Å². The summed E-state index contributed by atoms with van der Waals surface area (Å²) in [5.74, 6) is 0.836. The average Bonchev–Trinajstić information content (AvgIpc) is 2.60. The van der Waals surface area contributed by atoms with Crippen molar-refractivity contribution >= 4 is 0 Å². The SMILES string of the molecule is CCCC(C)NCCOc1cnn(C)c1. The van der Waals surface area contributed by atoms with Crippen LogP contribution >= 0.6 is 0 Å². The number of ether oxygens (including phenoxy) is 1. The molecule has 4 nitrogen and oxygen atoms in total. The van der Waals surface area contributed by atoms with Gasteiger partial charge in [0.15, 0.2) is 5.75 Å². The molecule has 0 aliphatic heterocycles. The molecule has 1 aromatic heterocycles. The maximum Gasteiger partial charge on any atom is 0.157 e. The Morgan fingerprint density at radius 3 is 3.00 bits per heavy atom. The fraction of sp³-hybridized carbons (Fsp3) is 0.727. The summed E-state index contributed by atoms with van der Waals surface area (Å²) >= 11 is 0. The van der Waals surface area contributed by atoms with Crippen LogP contribution in [0.3, 0.4) is 0 Å². The lowest BCUT2D eigenvalue weighted by atomic mass is 10.2. The molecule has 0 aliphatic rings. The minimum atomic E-state index is 0.576. The molecule has 0 fully saturated rings. The summed E-state index contributed by atoms with van der Waals surface area (Å²) < 4.78 is 7.25. The zero-order valence-electron chi connectivity index (χ0n) is 9.86. The lowest BCUT2D eigenvalue weighted by molar-refractivity contribution is 0.304. The van der Waals surface area contributed by atoms with Crippen molar-refractivity contribution in [3.8, 4) is 5.75 Å². The second-order valence-corrected chi connectivity index (χ2v) is 3.84. The van der Waals surface area contributed by atoms with Gasteiger partial charge in [-0.15, -0.1) is 0 Å². The summed E-state index contributed by atoms with van der Waals surface area (Å²) in [6.07, 6.45) is 6.04. The fourth-order valence-electron chi connectivity index (χ4n) is 1.48. The zero-order chi connectivity index (χ0) is 11.1. The molecule has 0 aliphatic carbocycles. The van der Waals surface area contributed by atoms with Gasteiger partial charge in [0.1, 0.15) is 6.61 Å². The summed E-state index contributed by atoms with van der Waals surface area (Å²) in [6.45, 7) is 5.98. The van der Waals surface area contributed by atoms with E-state index in [0.717, 1.165) is 12.3 Å². The summed E-state index contributed by atoms with van der Waals surface area (Å²) in [5.41, 5.74) is 0. The molecular formula is C11H21N3O. The third-order valence-electron chi connectivity index (χ3n) is 2.27. The predicted octanol–water partition coefficient (Wildman–Crippen LogP) is 1.58. The van der Waals surface area contributed by atoms with Crippen LogP contribution in [0.15, 0.2) is 12.4 Å². The van der Waals surface area contributed by atoms with Gasteiger partial charge in [0, 0.05) is 19.6 Å². The standard InChI is InChI=1S/C11H21N3O/c1-4-5-10(2)12-6-7-15-11-8-13-14(3)9-11/h8-10,12H,4-7H2,1-3H3. The Labute approximate surface area is 91.6 Å². The Bertz CT molecular complexity index is 273. The van der Waals surface area contributed by atoms with Crippen molar-refractivity contribution in [3.05, 3.63) is 12.4 Å². The largest absolute Gasteiger partial charge is 0.489 e. The van der Waals surface area contributed by atoms with Crippen LogP contribution in [-0.2, 0) is 7.05 Å². The molecule has 0 amide bonds. The van der Waals surface area contributed by atoms with E-state index in [0.29, 0.717) is 12.6 Å². The first-order valence-electron chi connectivity index (χ1n) is 5.57. The molecule has 4 heteroatoms. The maximum absolute atomic E-state index is 5.51. The lowest BCUT2D eigenvalue weighted by Gasteiger charge is -2.12. The van der Waals surface area contributed by atoms with Gasteiger partial charge in [0.2, 0.25) is 0 Å². The zero-order valence-corrected chi connectivity index (χ0v) is 9.86. The quantitative estimate of drug-likeness (QED) is 0.696. The highest BCUT2D eigenvalue weighted by molar-refractivity contribution is 5.11. The van der Waals surface area contributed by atoms with E-state index in [1.165, 1.54) is 12.8 Å². The molecule has 0 radical (unpaired) electrons. The maximum atomic E-state index is 5.51. The van der Waals surface area contributed by atoms with Gasteiger partial charge in [0.05, 0.1) is 12.4 Å². The molecule has 1 rings (SSSR count). The lowest BCUT2D eigenvalue weighted by Crippen LogP contribution is -2.29. The third-order valence-corrected chi connectivity index (χ3v) is 2.27. The van der Waals surface area contributed by atoms with Crippen LogP contribution in [0.25, 0.3) is 0 Å². The first kappa shape index (κ1) is 12.0. The highest BCUT2D eigenvalue weighted by atomic mass is 16.5. The van der Waals surface area contributed by atoms with Gasteiger partial charge in [-0.3, -0.25) is 4.68 Å². The van der Waals surface area contributed by atoms with E-state index >= 15 is 0 Å². The van der Waals surface area contributed by atoms with Gasteiger partial charge in [0.25, 0.3) is 0 Å². The molecule has 0 saturated carbocycles. The molecule has 0 aromatic carbocycles. The molecule has 0 bridgehead atoms. The number of aromatic nitrogens is 2. The van der Waals surface area contributed by atoms with Gasteiger partial charge >= 0.3 is 0 Å². The molecule has 86 valence electrons. The molecule has 1 unspecified atom stereocenters. The highest BCUT2D eigenvalue weighted by Gasteiger charge is 1.99. The monoisotopic (exact) mass is 211 g/mol. The number of nitrogens with one attached hydrogen (secondary N) is 1. The van der Waals surface area contributed by atoms with Gasteiger partial charge in [-0.1, -0.05) is 13.3 Å². The van der Waals surface area contributed by atoms with E-state index in [1.807, 2.05) is 13.2 Å². The van der Waals surface area contributed by atoms with E-state index < -0.39 is 0 Å². The normalized spacial score (nSPS) is 12.7. The van der Waals surface area contributed by atoms with Crippen LogP contribution in [0, 0.1) is 0 Å². The first-order valence-corrected chi connectivity index (χ1v) is 5.57. The molecule has 0 saturated heterocycles. The van der Waals surface area contributed by atoms with E-state index in [1.54, 1.807) is 10.9 Å². The van der Waals surface area contributed by atoms with Crippen molar-refractivity contribution in [2.24, 2.45) is 7.05 Å². The highest BCUT2D eigenvalue weighted by Crippen LogP contribution is 2.05. The average molecular weight is 211 g/mol. The second kappa shape index (κ2) is 6.45. The smallest absolute Gasteiger partial charge is 0.157 e. The minimum Gasteiger partial charge on any atom is -0.489 e. The summed E-state index contributed by atoms with van der Waals surface area (Å²) in [4.78, 5) is 0.